The van der Waals surface area contributed by atoms with E-state index in [0.29, 0.717) is 4.88 Å². The van der Waals surface area contributed by atoms with Gasteiger partial charge in [-0.3, -0.25) is 4.79 Å². The molecule has 2 atom stereocenters. The molecule has 6 nitrogen and oxygen atoms in total. The highest BCUT2D eigenvalue weighted by atomic mass is 32.2. The predicted molar refractivity (Wildman–Crippen MR) is 77.2 cm³/mol. The van der Waals surface area contributed by atoms with E-state index in [1.165, 1.54) is 30.3 Å². The molecule has 0 saturated carbocycles. The van der Waals surface area contributed by atoms with Crippen molar-refractivity contribution in [3.05, 3.63) is 22.4 Å². The zero-order chi connectivity index (χ0) is 14.9. The number of hydrogen-bond donors (Lipinski definition) is 1. The maximum Gasteiger partial charge on any atom is 0.264 e. The molecule has 0 radical (unpaired) electrons. The summed E-state index contributed by atoms with van der Waals surface area (Å²) in [6.07, 6.45) is -0.798. The van der Waals surface area contributed by atoms with Gasteiger partial charge in [-0.2, -0.15) is 0 Å². The van der Waals surface area contributed by atoms with Crippen LogP contribution < -0.4 is 0 Å². The molecule has 20 heavy (non-hydrogen) atoms. The van der Waals surface area contributed by atoms with Crippen LogP contribution in [0, 0.1) is 5.92 Å². The van der Waals surface area contributed by atoms with Crippen LogP contribution in [0.3, 0.4) is 0 Å². The fourth-order valence-corrected chi connectivity index (χ4v) is 4.02. The minimum atomic E-state index is -3.38. The lowest BCUT2D eigenvalue weighted by Crippen LogP contribution is -2.33. The first-order valence-corrected chi connectivity index (χ1v) is 8.71. The Morgan fingerprint density at radius 2 is 2.20 bits per heavy atom. The lowest BCUT2D eigenvalue weighted by atomic mass is 10.1. The van der Waals surface area contributed by atoms with Crippen LogP contribution in [0.1, 0.15) is 9.67 Å². The van der Waals surface area contributed by atoms with E-state index in [-0.39, 0.29) is 24.7 Å². The van der Waals surface area contributed by atoms with Gasteiger partial charge in [0, 0.05) is 33.1 Å². The van der Waals surface area contributed by atoms with Gasteiger partial charge in [-0.25, -0.2) is 12.7 Å². The Morgan fingerprint density at radius 3 is 2.75 bits per heavy atom. The van der Waals surface area contributed by atoms with Crippen molar-refractivity contribution in [1.82, 2.24) is 9.21 Å². The summed E-state index contributed by atoms with van der Waals surface area (Å²) in [5.74, 6) is -0.731. The number of hydrogen-bond acceptors (Lipinski definition) is 5. The molecule has 8 heteroatoms. The van der Waals surface area contributed by atoms with Crippen molar-refractivity contribution in [1.29, 1.82) is 0 Å². The molecular weight excluding hydrogens is 300 g/mol. The van der Waals surface area contributed by atoms with Crippen LogP contribution in [-0.2, 0) is 10.0 Å². The van der Waals surface area contributed by atoms with Crippen molar-refractivity contribution in [2.24, 2.45) is 5.92 Å². The predicted octanol–water partition coefficient (Wildman–Crippen LogP) is 0.0724. The number of amides is 1. The maximum absolute atomic E-state index is 12.2. The Kier molecular flexibility index (Phi) is 4.48. The van der Waals surface area contributed by atoms with E-state index in [0.717, 1.165) is 4.31 Å². The number of sulfonamides is 1. The van der Waals surface area contributed by atoms with Gasteiger partial charge in [-0.05, 0) is 11.4 Å². The van der Waals surface area contributed by atoms with Crippen LogP contribution in [-0.4, -0.2) is 67.7 Å². The average molecular weight is 318 g/mol. The number of aliphatic hydroxyl groups excluding tert-OH is 1. The van der Waals surface area contributed by atoms with Gasteiger partial charge < -0.3 is 10.0 Å². The number of aliphatic hydroxyl groups is 1. The van der Waals surface area contributed by atoms with Crippen molar-refractivity contribution in [3.8, 4) is 0 Å². The van der Waals surface area contributed by atoms with E-state index in [9.17, 15) is 18.3 Å². The quantitative estimate of drug-likeness (QED) is 0.852. The van der Waals surface area contributed by atoms with Crippen molar-refractivity contribution >= 4 is 27.3 Å². The first-order chi connectivity index (χ1) is 9.31. The van der Waals surface area contributed by atoms with E-state index in [1.807, 2.05) is 5.38 Å². The molecular formula is C12H18N2O4S2. The second kappa shape index (κ2) is 5.80. The number of thiophene rings is 1. The van der Waals surface area contributed by atoms with Crippen LogP contribution in [0.2, 0.25) is 0 Å². The second-order valence-corrected chi connectivity index (χ2v) is 8.25. The topological polar surface area (TPSA) is 77.9 Å². The van der Waals surface area contributed by atoms with E-state index in [2.05, 4.69) is 0 Å². The van der Waals surface area contributed by atoms with Gasteiger partial charge in [0.1, 0.15) is 0 Å². The molecule has 1 fully saturated rings. The standard InChI is InChI=1S/C12H18N2O4S2/c1-13(2)20(17,18)8-9-6-14(7-10(9)15)12(16)11-4-3-5-19-11/h3-5,9-10,15H,6-8H2,1-2H3/t9-,10+/m0/s1. The number of nitrogens with zero attached hydrogens (tertiary/aromatic N) is 2. The number of carbonyl (C=O) groups excluding carboxylic acids is 1. The van der Waals surface area contributed by atoms with Crippen molar-refractivity contribution < 1.29 is 18.3 Å². The van der Waals surface area contributed by atoms with Gasteiger partial charge in [0.25, 0.3) is 5.91 Å². The Balaban J connectivity index is 2.04. The third-order valence-electron chi connectivity index (χ3n) is 3.41. The van der Waals surface area contributed by atoms with Crippen molar-refractivity contribution in [2.75, 3.05) is 32.9 Å². The molecule has 0 bridgehead atoms. The molecule has 1 aliphatic rings. The summed E-state index contributed by atoms with van der Waals surface area (Å²) in [5, 5.41) is 11.8. The summed E-state index contributed by atoms with van der Waals surface area (Å²) in [6, 6.07) is 3.52. The summed E-state index contributed by atoms with van der Waals surface area (Å²) in [6.45, 7) is 0.454. The number of β-amino-alcohol motifs (C(OH)–C–C–N with tert-alkyl or cyclic N) is 1. The van der Waals surface area contributed by atoms with Crippen molar-refractivity contribution in [3.63, 3.8) is 0 Å². The molecule has 0 aromatic carbocycles. The fraction of sp³-hybridized carbons (Fsp3) is 0.583. The summed E-state index contributed by atoms with van der Waals surface area (Å²) in [4.78, 5) is 14.3. The van der Waals surface area contributed by atoms with E-state index in [4.69, 9.17) is 0 Å². The van der Waals surface area contributed by atoms with Gasteiger partial charge in [-0.15, -0.1) is 11.3 Å². The highest BCUT2D eigenvalue weighted by Gasteiger charge is 2.37. The van der Waals surface area contributed by atoms with Gasteiger partial charge >= 0.3 is 0 Å². The Morgan fingerprint density at radius 1 is 1.50 bits per heavy atom. The normalized spacial score (nSPS) is 23.5. The zero-order valence-corrected chi connectivity index (χ0v) is 13.0. The van der Waals surface area contributed by atoms with Crippen LogP contribution in [0.25, 0.3) is 0 Å². The first kappa shape index (κ1) is 15.4. The van der Waals surface area contributed by atoms with Gasteiger partial charge in [-0.1, -0.05) is 6.07 Å². The molecule has 1 amide bonds. The van der Waals surface area contributed by atoms with Gasteiger partial charge in [0.2, 0.25) is 10.0 Å². The number of rotatable bonds is 4. The third kappa shape index (κ3) is 3.20. The van der Waals surface area contributed by atoms with Crippen molar-refractivity contribution in [2.45, 2.75) is 6.10 Å². The van der Waals surface area contributed by atoms with Crippen LogP contribution in [0.4, 0.5) is 0 Å². The number of carbonyl (C=O) groups is 1. The molecule has 1 aromatic rings. The number of likely N-dealkylation sites (tertiary alicyclic amines) is 1. The zero-order valence-electron chi connectivity index (χ0n) is 11.4. The van der Waals surface area contributed by atoms with E-state index in [1.54, 1.807) is 12.1 Å². The summed E-state index contributed by atoms with van der Waals surface area (Å²) in [5.41, 5.74) is 0. The third-order valence-corrected chi connectivity index (χ3v) is 6.23. The molecule has 2 rings (SSSR count). The summed E-state index contributed by atoms with van der Waals surface area (Å²) >= 11 is 1.34. The molecule has 0 spiro atoms. The Bertz CT molecular complexity index is 568. The smallest absolute Gasteiger partial charge is 0.264 e. The highest BCUT2D eigenvalue weighted by Crippen LogP contribution is 2.23. The fourth-order valence-electron chi connectivity index (χ4n) is 2.16. The molecule has 0 aliphatic carbocycles. The summed E-state index contributed by atoms with van der Waals surface area (Å²) in [7, 11) is -0.452. The molecule has 1 aromatic heterocycles. The lowest BCUT2D eigenvalue weighted by molar-refractivity contribution is 0.0769. The average Bonchev–Trinajstić information content (AvgIpc) is 2.98. The largest absolute Gasteiger partial charge is 0.391 e. The van der Waals surface area contributed by atoms with Gasteiger partial charge in [0.05, 0.1) is 16.7 Å². The molecule has 112 valence electrons. The monoisotopic (exact) mass is 318 g/mol. The molecule has 1 N–H and O–H groups in total. The minimum Gasteiger partial charge on any atom is -0.391 e. The molecule has 2 heterocycles. The maximum atomic E-state index is 12.2. The lowest BCUT2D eigenvalue weighted by Gasteiger charge is -2.17. The second-order valence-electron chi connectivity index (χ2n) is 5.08. The minimum absolute atomic E-state index is 0.143. The SMILES string of the molecule is CN(C)S(=O)(=O)C[C@@H]1CN(C(=O)c2cccs2)C[C@H]1O. The molecule has 1 aliphatic heterocycles. The van der Waals surface area contributed by atoms with Crippen LogP contribution >= 0.6 is 11.3 Å². The van der Waals surface area contributed by atoms with Gasteiger partial charge in [0.15, 0.2) is 0 Å². The highest BCUT2D eigenvalue weighted by molar-refractivity contribution is 7.89. The summed E-state index contributed by atoms with van der Waals surface area (Å²) < 4.78 is 24.8. The van der Waals surface area contributed by atoms with Crippen LogP contribution in [0.5, 0.6) is 0 Å². The molecule has 0 unspecified atom stereocenters. The van der Waals surface area contributed by atoms with Crippen LogP contribution in [0.15, 0.2) is 17.5 Å². The van der Waals surface area contributed by atoms with E-state index < -0.39 is 22.0 Å². The molecule has 1 saturated heterocycles. The Labute approximate surface area is 122 Å². The van der Waals surface area contributed by atoms with E-state index >= 15 is 0 Å². The Hall–Kier alpha value is -0.960. The first-order valence-electron chi connectivity index (χ1n) is 6.22.